The van der Waals surface area contributed by atoms with Crippen LogP contribution in [0, 0.1) is 20.8 Å². The Morgan fingerprint density at radius 3 is 2.58 bits per heavy atom. The fourth-order valence-electron chi connectivity index (χ4n) is 2.38. The number of anilines is 1. The van der Waals surface area contributed by atoms with E-state index in [2.05, 4.69) is 37.4 Å². The normalized spacial score (nSPS) is 10.5. The van der Waals surface area contributed by atoms with Crippen LogP contribution in [0.1, 0.15) is 22.3 Å². The van der Waals surface area contributed by atoms with Crippen molar-refractivity contribution in [3.05, 3.63) is 57.6 Å². The van der Waals surface area contributed by atoms with Crippen molar-refractivity contribution in [1.82, 2.24) is 0 Å². The van der Waals surface area contributed by atoms with E-state index < -0.39 is 0 Å². The lowest BCUT2D eigenvalue weighted by Crippen LogP contribution is -2.15. The van der Waals surface area contributed by atoms with Crippen molar-refractivity contribution in [3.8, 4) is 5.75 Å². The topological polar surface area (TPSA) is 38.3 Å². The number of ether oxygens (including phenoxy) is 1. The first-order valence-corrected chi connectivity index (χ1v) is 9.22. The molecule has 0 aliphatic heterocycles. The van der Waals surface area contributed by atoms with E-state index in [4.69, 9.17) is 16.3 Å². The average molecular weight is 364 g/mol. The van der Waals surface area contributed by atoms with Crippen molar-refractivity contribution < 1.29 is 9.53 Å². The molecule has 5 heteroatoms. The van der Waals surface area contributed by atoms with Gasteiger partial charge in [-0.05, 0) is 43.5 Å². The summed E-state index contributed by atoms with van der Waals surface area (Å²) in [5, 5.41) is 3.52. The van der Waals surface area contributed by atoms with Crippen LogP contribution in [-0.4, -0.2) is 18.8 Å². The van der Waals surface area contributed by atoms with Gasteiger partial charge in [-0.15, -0.1) is 11.8 Å². The predicted octanol–water partition coefficient (Wildman–Crippen LogP) is 5.15. The maximum atomic E-state index is 12.2. The van der Waals surface area contributed by atoms with Gasteiger partial charge >= 0.3 is 0 Å². The number of benzene rings is 2. The van der Waals surface area contributed by atoms with Gasteiger partial charge in [0.05, 0.1) is 18.6 Å². The van der Waals surface area contributed by atoms with Crippen molar-refractivity contribution in [1.29, 1.82) is 0 Å². The average Bonchev–Trinajstić information content (AvgIpc) is 2.52. The van der Waals surface area contributed by atoms with E-state index >= 15 is 0 Å². The van der Waals surface area contributed by atoms with Crippen LogP contribution in [0.15, 0.2) is 30.3 Å². The highest BCUT2D eigenvalue weighted by Gasteiger charge is 2.11. The van der Waals surface area contributed by atoms with E-state index in [9.17, 15) is 4.79 Å². The number of rotatable bonds is 6. The van der Waals surface area contributed by atoms with Gasteiger partial charge in [-0.25, -0.2) is 0 Å². The monoisotopic (exact) mass is 363 g/mol. The summed E-state index contributed by atoms with van der Waals surface area (Å²) < 4.78 is 5.28. The number of carbonyl (C=O) groups is 1. The standard InChI is InChI=1S/C19H22ClNO2S/c1-12-5-6-15(13(2)7-12)10-24-11-19(22)21-17-8-14(3)16(20)9-18(17)23-4/h5-9H,10-11H2,1-4H3,(H,21,22). The molecule has 0 radical (unpaired) electrons. The summed E-state index contributed by atoms with van der Waals surface area (Å²) in [6, 6.07) is 9.94. The minimum Gasteiger partial charge on any atom is -0.495 e. The summed E-state index contributed by atoms with van der Waals surface area (Å²) >= 11 is 7.68. The number of hydrogen-bond acceptors (Lipinski definition) is 3. The lowest BCUT2D eigenvalue weighted by atomic mass is 10.1. The highest BCUT2D eigenvalue weighted by Crippen LogP contribution is 2.31. The minimum atomic E-state index is -0.0511. The van der Waals surface area contributed by atoms with Gasteiger partial charge < -0.3 is 10.1 Å². The smallest absolute Gasteiger partial charge is 0.234 e. The Balaban J connectivity index is 1.93. The molecule has 0 unspecified atom stereocenters. The molecule has 2 rings (SSSR count). The Hall–Kier alpha value is -1.65. The Bertz CT molecular complexity index is 746. The zero-order chi connectivity index (χ0) is 17.7. The summed E-state index contributed by atoms with van der Waals surface area (Å²) in [4.78, 5) is 12.2. The number of aryl methyl sites for hydroxylation is 3. The van der Waals surface area contributed by atoms with Gasteiger partial charge in [0.25, 0.3) is 0 Å². The third-order valence-electron chi connectivity index (χ3n) is 3.74. The van der Waals surface area contributed by atoms with Crippen molar-refractivity contribution in [2.75, 3.05) is 18.2 Å². The van der Waals surface area contributed by atoms with Crippen molar-refractivity contribution in [2.24, 2.45) is 0 Å². The van der Waals surface area contributed by atoms with Crippen molar-refractivity contribution in [3.63, 3.8) is 0 Å². The Morgan fingerprint density at radius 1 is 1.17 bits per heavy atom. The van der Waals surface area contributed by atoms with Gasteiger partial charge in [0, 0.05) is 16.8 Å². The maximum Gasteiger partial charge on any atom is 0.234 e. The lowest BCUT2D eigenvalue weighted by molar-refractivity contribution is -0.113. The lowest BCUT2D eigenvalue weighted by Gasteiger charge is -2.12. The molecule has 24 heavy (non-hydrogen) atoms. The molecule has 0 aliphatic carbocycles. The molecule has 128 valence electrons. The number of hydrogen-bond donors (Lipinski definition) is 1. The molecule has 0 spiro atoms. The van der Waals surface area contributed by atoms with E-state index in [1.165, 1.54) is 16.7 Å². The van der Waals surface area contributed by atoms with E-state index in [0.717, 1.165) is 11.3 Å². The molecule has 0 saturated carbocycles. The summed E-state index contributed by atoms with van der Waals surface area (Å²) in [5.74, 6) is 1.72. The molecule has 0 heterocycles. The van der Waals surface area contributed by atoms with Gasteiger partial charge in [0.1, 0.15) is 5.75 Å². The fraction of sp³-hybridized carbons (Fsp3) is 0.316. The third-order valence-corrected chi connectivity index (χ3v) is 5.13. The van der Waals surface area contributed by atoms with Crippen LogP contribution >= 0.6 is 23.4 Å². The number of thioether (sulfide) groups is 1. The Kier molecular flexibility index (Phi) is 6.58. The zero-order valence-corrected chi connectivity index (χ0v) is 16.0. The van der Waals surface area contributed by atoms with Crippen LogP contribution in [-0.2, 0) is 10.5 Å². The highest BCUT2D eigenvalue weighted by molar-refractivity contribution is 7.99. The summed E-state index contributed by atoms with van der Waals surface area (Å²) in [6.45, 7) is 6.08. The van der Waals surface area contributed by atoms with Crippen molar-refractivity contribution >= 4 is 35.0 Å². The minimum absolute atomic E-state index is 0.0511. The van der Waals surface area contributed by atoms with E-state index in [-0.39, 0.29) is 5.91 Å². The molecule has 0 fully saturated rings. The molecule has 2 aromatic rings. The molecule has 3 nitrogen and oxygen atoms in total. The largest absolute Gasteiger partial charge is 0.495 e. The second kappa shape index (κ2) is 8.45. The number of nitrogens with one attached hydrogen (secondary N) is 1. The van der Waals surface area contributed by atoms with Crippen LogP contribution in [0.25, 0.3) is 0 Å². The molecule has 0 atom stereocenters. The summed E-state index contributed by atoms with van der Waals surface area (Å²) in [6.07, 6.45) is 0. The highest BCUT2D eigenvalue weighted by atomic mass is 35.5. The SMILES string of the molecule is COc1cc(Cl)c(C)cc1NC(=O)CSCc1ccc(C)cc1C. The van der Waals surface area contributed by atoms with E-state index in [1.54, 1.807) is 24.9 Å². The van der Waals surface area contributed by atoms with Gasteiger partial charge in [-0.1, -0.05) is 35.4 Å². The number of halogens is 1. The molecular formula is C19H22ClNO2S. The molecule has 0 aliphatic rings. The zero-order valence-electron chi connectivity index (χ0n) is 14.4. The third kappa shape index (κ3) is 4.92. The molecule has 1 amide bonds. The summed E-state index contributed by atoms with van der Waals surface area (Å²) in [5.41, 5.74) is 5.33. The first-order chi connectivity index (χ1) is 11.4. The van der Waals surface area contributed by atoms with Gasteiger partial charge in [0.15, 0.2) is 0 Å². The van der Waals surface area contributed by atoms with Crippen molar-refractivity contribution in [2.45, 2.75) is 26.5 Å². The molecular weight excluding hydrogens is 342 g/mol. The van der Waals surface area contributed by atoms with Crippen LogP contribution in [0.4, 0.5) is 5.69 Å². The second-order valence-corrected chi connectivity index (χ2v) is 7.17. The molecule has 0 saturated heterocycles. The second-order valence-electron chi connectivity index (χ2n) is 5.77. The van der Waals surface area contributed by atoms with Crippen LogP contribution in [0.2, 0.25) is 5.02 Å². The van der Waals surface area contributed by atoms with Crippen LogP contribution in [0.5, 0.6) is 5.75 Å². The van der Waals surface area contributed by atoms with Crippen LogP contribution in [0.3, 0.4) is 0 Å². The number of methoxy groups -OCH3 is 1. The van der Waals surface area contributed by atoms with Crippen LogP contribution < -0.4 is 10.1 Å². The van der Waals surface area contributed by atoms with E-state index in [0.29, 0.717) is 22.2 Å². The number of amides is 1. The first kappa shape index (κ1) is 18.7. The van der Waals surface area contributed by atoms with Gasteiger partial charge in [-0.3, -0.25) is 4.79 Å². The fourth-order valence-corrected chi connectivity index (χ4v) is 3.43. The molecule has 2 aromatic carbocycles. The first-order valence-electron chi connectivity index (χ1n) is 7.68. The predicted molar refractivity (Wildman–Crippen MR) is 103 cm³/mol. The van der Waals surface area contributed by atoms with E-state index in [1.807, 2.05) is 13.0 Å². The quantitative estimate of drug-likeness (QED) is 0.771. The van der Waals surface area contributed by atoms with Gasteiger partial charge in [0.2, 0.25) is 5.91 Å². The molecule has 1 N–H and O–H groups in total. The maximum absolute atomic E-state index is 12.2. The molecule has 0 bridgehead atoms. The summed E-state index contributed by atoms with van der Waals surface area (Å²) in [7, 11) is 1.56. The Morgan fingerprint density at radius 2 is 1.92 bits per heavy atom. The van der Waals surface area contributed by atoms with Gasteiger partial charge in [-0.2, -0.15) is 0 Å². The Labute approximate surface area is 152 Å². The number of carbonyl (C=O) groups excluding carboxylic acids is 1. The molecule has 0 aromatic heterocycles.